The summed E-state index contributed by atoms with van der Waals surface area (Å²) in [5.74, 6) is -0.399. The number of aryl methyl sites for hydroxylation is 1. The number of carboxylic acids is 1. The third-order valence-corrected chi connectivity index (χ3v) is 5.15. The van der Waals surface area contributed by atoms with E-state index in [1.807, 2.05) is 6.07 Å². The number of fused-ring (bicyclic) bond motifs is 1. The van der Waals surface area contributed by atoms with E-state index in [-0.39, 0.29) is 11.3 Å². The summed E-state index contributed by atoms with van der Waals surface area (Å²) in [7, 11) is 0. The monoisotopic (exact) mass is 244 g/mol. The molecule has 0 aliphatic heterocycles. The molecule has 0 bridgehead atoms. The summed E-state index contributed by atoms with van der Waals surface area (Å²) in [5, 5.41) is 9.72. The molecular formula is C16H20O2. The van der Waals surface area contributed by atoms with Crippen LogP contribution in [-0.4, -0.2) is 11.1 Å². The molecular weight excluding hydrogens is 224 g/mol. The first-order valence-electron chi connectivity index (χ1n) is 6.80. The van der Waals surface area contributed by atoms with Crippen molar-refractivity contribution in [1.82, 2.24) is 0 Å². The molecule has 1 saturated carbocycles. The maximum Gasteiger partial charge on any atom is 0.310 e. The first-order chi connectivity index (χ1) is 8.49. The molecule has 0 aromatic heterocycles. The number of hydrogen-bond donors (Lipinski definition) is 1. The van der Waals surface area contributed by atoms with Gasteiger partial charge in [-0.25, -0.2) is 0 Å². The number of aliphatic carboxylic acids is 1. The van der Waals surface area contributed by atoms with Crippen molar-refractivity contribution < 1.29 is 9.90 Å². The Labute approximate surface area is 108 Å². The van der Waals surface area contributed by atoms with Crippen LogP contribution in [0.25, 0.3) is 0 Å². The fourth-order valence-corrected chi connectivity index (χ4v) is 4.03. The second-order valence-electron chi connectivity index (χ2n) is 6.48. The van der Waals surface area contributed by atoms with Crippen molar-refractivity contribution in [3.63, 3.8) is 0 Å². The summed E-state index contributed by atoms with van der Waals surface area (Å²) in [5.41, 5.74) is 2.06. The predicted molar refractivity (Wildman–Crippen MR) is 70.6 cm³/mol. The summed E-state index contributed by atoms with van der Waals surface area (Å²) < 4.78 is 0. The zero-order chi connectivity index (χ0) is 13.0. The van der Waals surface area contributed by atoms with Crippen molar-refractivity contribution >= 4 is 5.97 Å². The van der Waals surface area contributed by atoms with Gasteiger partial charge in [0.15, 0.2) is 0 Å². The zero-order valence-corrected chi connectivity index (χ0v) is 11.1. The fraction of sp³-hybridized carbons (Fsp3) is 0.562. The van der Waals surface area contributed by atoms with Gasteiger partial charge in [-0.1, -0.05) is 38.1 Å². The van der Waals surface area contributed by atoms with E-state index in [2.05, 4.69) is 32.0 Å². The first kappa shape index (κ1) is 11.8. The maximum absolute atomic E-state index is 11.8. The Bertz CT molecular complexity index is 504. The minimum absolute atomic E-state index is 0.0616. The molecule has 0 radical (unpaired) electrons. The second-order valence-corrected chi connectivity index (χ2v) is 6.48. The molecule has 96 valence electrons. The van der Waals surface area contributed by atoms with Gasteiger partial charge in [-0.05, 0) is 42.2 Å². The quantitative estimate of drug-likeness (QED) is 0.863. The molecule has 1 aromatic carbocycles. The normalized spacial score (nSPS) is 32.7. The molecule has 1 N–H and O–H groups in total. The summed E-state index contributed by atoms with van der Waals surface area (Å²) in [6.45, 7) is 4.19. The molecule has 2 aliphatic carbocycles. The average Bonchev–Trinajstić information content (AvgIpc) is 2.93. The van der Waals surface area contributed by atoms with Crippen LogP contribution in [0.5, 0.6) is 0 Å². The van der Waals surface area contributed by atoms with Gasteiger partial charge < -0.3 is 5.11 Å². The Hall–Kier alpha value is -1.31. The van der Waals surface area contributed by atoms with Gasteiger partial charge in [0.2, 0.25) is 0 Å². The molecule has 2 heteroatoms. The van der Waals surface area contributed by atoms with Crippen LogP contribution in [0, 0.1) is 10.8 Å². The molecule has 0 heterocycles. The van der Waals surface area contributed by atoms with Crippen molar-refractivity contribution in [3.05, 3.63) is 35.4 Å². The molecule has 18 heavy (non-hydrogen) atoms. The topological polar surface area (TPSA) is 37.3 Å². The highest BCUT2D eigenvalue weighted by molar-refractivity contribution is 5.81. The minimum atomic E-state index is -0.603. The van der Waals surface area contributed by atoms with E-state index < -0.39 is 11.4 Å². The van der Waals surface area contributed by atoms with Gasteiger partial charge in [0.05, 0.1) is 5.41 Å². The fourth-order valence-electron chi connectivity index (χ4n) is 4.03. The number of hydrogen-bond acceptors (Lipinski definition) is 1. The molecule has 0 saturated heterocycles. The first-order valence-corrected chi connectivity index (χ1v) is 6.80. The molecule has 0 spiro atoms. The molecule has 1 fully saturated rings. The van der Waals surface area contributed by atoms with Crippen LogP contribution in [0.15, 0.2) is 24.3 Å². The molecule has 2 aliphatic rings. The van der Waals surface area contributed by atoms with Crippen LogP contribution in [0.1, 0.15) is 50.2 Å². The van der Waals surface area contributed by atoms with E-state index >= 15 is 0 Å². The van der Waals surface area contributed by atoms with Crippen molar-refractivity contribution in [1.29, 1.82) is 0 Å². The van der Waals surface area contributed by atoms with Crippen LogP contribution in [0.4, 0.5) is 0 Å². The second kappa shape index (κ2) is 3.59. The van der Waals surface area contributed by atoms with Crippen LogP contribution in [0.3, 0.4) is 0 Å². The van der Waals surface area contributed by atoms with Crippen molar-refractivity contribution in [2.75, 3.05) is 0 Å². The number of carboxylic acid groups (broad SMARTS) is 1. The SMILES string of the molecule is CC1(C)CC1(C(=O)O)C1CCCc2ccccc21. The van der Waals surface area contributed by atoms with Crippen molar-refractivity contribution in [3.8, 4) is 0 Å². The lowest BCUT2D eigenvalue weighted by molar-refractivity contribution is -0.146. The van der Waals surface area contributed by atoms with Crippen LogP contribution >= 0.6 is 0 Å². The Morgan fingerprint density at radius 1 is 1.33 bits per heavy atom. The summed E-state index contributed by atoms with van der Waals surface area (Å²) in [4.78, 5) is 11.8. The number of carbonyl (C=O) groups is 1. The van der Waals surface area contributed by atoms with Gasteiger partial charge in [-0.2, -0.15) is 0 Å². The Morgan fingerprint density at radius 3 is 2.61 bits per heavy atom. The standard InChI is InChI=1S/C16H20O2/c1-15(2)10-16(15,14(17)18)13-9-5-7-11-6-3-4-8-12(11)13/h3-4,6,8,13H,5,7,9-10H2,1-2H3,(H,17,18). The molecule has 2 unspecified atom stereocenters. The van der Waals surface area contributed by atoms with Crippen molar-refractivity contribution in [2.24, 2.45) is 10.8 Å². The lowest BCUT2D eigenvalue weighted by atomic mass is 9.71. The number of benzene rings is 1. The van der Waals surface area contributed by atoms with E-state index in [1.165, 1.54) is 11.1 Å². The molecule has 1 aromatic rings. The van der Waals surface area contributed by atoms with Gasteiger partial charge in [-0.15, -0.1) is 0 Å². The smallest absolute Gasteiger partial charge is 0.310 e. The summed E-state index contributed by atoms with van der Waals surface area (Å²) in [6.07, 6.45) is 4.05. The molecule has 2 atom stereocenters. The van der Waals surface area contributed by atoms with Gasteiger partial charge in [0.25, 0.3) is 0 Å². The van der Waals surface area contributed by atoms with Crippen LogP contribution in [0.2, 0.25) is 0 Å². The highest BCUT2D eigenvalue weighted by Crippen LogP contribution is 2.71. The highest BCUT2D eigenvalue weighted by Gasteiger charge is 2.70. The third-order valence-electron chi connectivity index (χ3n) is 5.15. The van der Waals surface area contributed by atoms with Crippen LogP contribution in [-0.2, 0) is 11.2 Å². The van der Waals surface area contributed by atoms with Gasteiger partial charge in [0.1, 0.15) is 0 Å². The lowest BCUT2D eigenvalue weighted by Gasteiger charge is -2.32. The van der Waals surface area contributed by atoms with Crippen molar-refractivity contribution in [2.45, 2.75) is 45.4 Å². The Balaban J connectivity index is 2.07. The van der Waals surface area contributed by atoms with Gasteiger partial charge in [-0.3, -0.25) is 4.79 Å². The Morgan fingerprint density at radius 2 is 2.00 bits per heavy atom. The van der Waals surface area contributed by atoms with E-state index in [0.717, 1.165) is 25.7 Å². The molecule has 0 amide bonds. The third kappa shape index (κ3) is 1.38. The maximum atomic E-state index is 11.8. The predicted octanol–water partition coefficient (Wildman–Crippen LogP) is 3.61. The van der Waals surface area contributed by atoms with E-state index in [9.17, 15) is 9.90 Å². The van der Waals surface area contributed by atoms with Gasteiger partial charge in [0, 0.05) is 5.92 Å². The lowest BCUT2D eigenvalue weighted by Crippen LogP contribution is -2.31. The summed E-state index contributed by atoms with van der Waals surface area (Å²) >= 11 is 0. The Kier molecular flexibility index (Phi) is 2.35. The molecule has 3 rings (SSSR count). The average molecular weight is 244 g/mol. The number of rotatable bonds is 2. The largest absolute Gasteiger partial charge is 0.481 e. The van der Waals surface area contributed by atoms with E-state index in [4.69, 9.17) is 0 Å². The van der Waals surface area contributed by atoms with Gasteiger partial charge >= 0.3 is 5.97 Å². The minimum Gasteiger partial charge on any atom is -0.481 e. The highest BCUT2D eigenvalue weighted by atomic mass is 16.4. The summed E-state index contributed by atoms with van der Waals surface area (Å²) in [6, 6.07) is 8.40. The zero-order valence-electron chi connectivity index (χ0n) is 11.1. The van der Waals surface area contributed by atoms with E-state index in [1.54, 1.807) is 0 Å². The molecule has 2 nitrogen and oxygen atoms in total. The van der Waals surface area contributed by atoms with E-state index in [0.29, 0.717) is 0 Å². The van der Waals surface area contributed by atoms with Crippen LogP contribution < -0.4 is 0 Å².